The van der Waals surface area contributed by atoms with E-state index in [9.17, 15) is 4.79 Å². The van der Waals surface area contributed by atoms with E-state index < -0.39 is 10.0 Å². The fourth-order valence-electron chi connectivity index (χ4n) is 3.32. The van der Waals surface area contributed by atoms with Crippen LogP contribution in [0.5, 0.6) is 0 Å². The number of ketones is 1. The largest absolute Gasteiger partial charge is 0.298 e. The van der Waals surface area contributed by atoms with Crippen molar-refractivity contribution in [1.29, 1.82) is 0 Å². The Bertz CT molecular complexity index is 388. The molecule has 1 heterocycles. The number of Topliss-reactive ketones (excluding diaryl/α,β-unsaturated/α-hetero) is 1. The smallest absolute Gasteiger partial charge is 0.148 e. The van der Waals surface area contributed by atoms with Gasteiger partial charge < -0.3 is 0 Å². The van der Waals surface area contributed by atoms with Crippen molar-refractivity contribution in [2.45, 2.75) is 51.9 Å². The Hall–Kier alpha value is -0.500. The second-order valence-corrected chi connectivity index (χ2v) is 10.7. The van der Waals surface area contributed by atoms with Gasteiger partial charge in [0, 0.05) is 11.7 Å². The molecule has 1 saturated heterocycles. The van der Waals surface area contributed by atoms with Crippen LogP contribution >= 0.6 is 10.0 Å². The van der Waals surface area contributed by atoms with Crippen LogP contribution in [0, 0.1) is 5.92 Å². The van der Waals surface area contributed by atoms with Gasteiger partial charge in [-0.05, 0) is 56.3 Å². The minimum atomic E-state index is -0.592. The standard InChI is InChI=1S/C18H30OS/c1-3-4-8-16-9-7-10-17(12-11-16)18(19)15-20(2)13-5-6-14-20/h7,9-10,17H,3-6,8,11-15H2,1-2H3. The molecule has 2 heteroatoms. The zero-order valence-electron chi connectivity index (χ0n) is 13.2. The van der Waals surface area contributed by atoms with Gasteiger partial charge in [0.15, 0.2) is 0 Å². The summed E-state index contributed by atoms with van der Waals surface area (Å²) in [6.07, 6.45) is 17.6. The van der Waals surface area contributed by atoms with Gasteiger partial charge in [-0.25, -0.2) is 10.0 Å². The average molecular weight is 295 g/mol. The Kier molecular flexibility index (Phi) is 5.95. The molecule has 0 spiro atoms. The summed E-state index contributed by atoms with van der Waals surface area (Å²) in [4.78, 5) is 12.6. The van der Waals surface area contributed by atoms with Crippen LogP contribution in [0.1, 0.15) is 51.9 Å². The van der Waals surface area contributed by atoms with Gasteiger partial charge in [-0.2, -0.15) is 0 Å². The summed E-state index contributed by atoms with van der Waals surface area (Å²) in [6.45, 7) is 2.24. The van der Waals surface area contributed by atoms with Crippen molar-refractivity contribution in [3.63, 3.8) is 0 Å². The maximum absolute atomic E-state index is 12.6. The van der Waals surface area contributed by atoms with Crippen LogP contribution in [0.2, 0.25) is 0 Å². The minimum absolute atomic E-state index is 0.190. The second-order valence-electron chi connectivity index (χ2n) is 6.66. The molecule has 1 aliphatic heterocycles. The normalized spacial score (nSPS) is 26.9. The summed E-state index contributed by atoms with van der Waals surface area (Å²) in [5.41, 5.74) is 1.54. The van der Waals surface area contributed by atoms with Gasteiger partial charge in [-0.15, -0.1) is 0 Å². The van der Waals surface area contributed by atoms with Gasteiger partial charge in [0.05, 0.1) is 0 Å². The first-order valence-corrected chi connectivity index (χ1v) is 10.8. The van der Waals surface area contributed by atoms with E-state index in [0.717, 1.165) is 18.6 Å². The Morgan fingerprint density at radius 2 is 2.10 bits per heavy atom. The van der Waals surface area contributed by atoms with Crippen molar-refractivity contribution in [3.05, 3.63) is 23.8 Å². The van der Waals surface area contributed by atoms with Crippen molar-refractivity contribution < 1.29 is 4.79 Å². The fraction of sp³-hybridized carbons (Fsp3) is 0.722. The van der Waals surface area contributed by atoms with E-state index in [0.29, 0.717) is 5.78 Å². The molecule has 0 aromatic carbocycles. The SMILES string of the molecule is CCCCC1=CC=CC(C(=O)CS2(C)CCCC2)CC1. The molecule has 20 heavy (non-hydrogen) atoms. The molecule has 2 rings (SSSR count). The van der Waals surface area contributed by atoms with E-state index in [1.54, 1.807) is 0 Å². The highest BCUT2D eigenvalue weighted by atomic mass is 32.3. The van der Waals surface area contributed by atoms with Crippen LogP contribution < -0.4 is 0 Å². The number of hydrogen-bond donors (Lipinski definition) is 0. The van der Waals surface area contributed by atoms with Gasteiger partial charge in [0.2, 0.25) is 0 Å². The van der Waals surface area contributed by atoms with Crippen molar-refractivity contribution in [1.82, 2.24) is 0 Å². The number of rotatable bonds is 6. The molecule has 0 aromatic heterocycles. The molecule has 1 unspecified atom stereocenters. The first kappa shape index (κ1) is 15.9. The maximum atomic E-state index is 12.6. The molecule has 1 aliphatic carbocycles. The molecule has 1 fully saturated rings. The van der Waals surface area contributed by atoms with Gasteiger partial charge in [0.25, 0.3) is 0 Å². The third-order valence-corrected chi connectivity index (χ3v) is 8.26. The van der Waals surface area contributed by atoms with Crippen molar-refractivity contribution in [2.24, 2.45) is 5.92 Å². The van der Waals surface area contributed by atoms with Crippen LogP contribution in [0.25, 0.3) is 0 Å². The van der Waals surface area contributed by atoms with Crippen LogP contribution in [-0.2, 0) is 4.79 Å². The highest BCUT2D eigenvalue weighted by molar-refractivity contribution is 8.33. The van der Waals surface area contributed by atoms with E-state index in [1.165, 1.54) is 49.2 Å². The molecule has 1 atom stereocenters. The lowest BCUT2D eigenvalue weighted by atomic mass is 9.96. The molecule has 0 aromatic rings. The number of unbranched alkanes of at least 4 members (excludes halogenated alkanes) is 1. The van der Waals surface area contributed by atoms with Crippen molar-refractivity contribution in [3.8, 4) is 0 Å². The third kappa shape index (κ3) is 4.51. The predicted octanol–water partition coefficient (Wildman–Crippen LogP) is 4.87. The number of carbonyl (C=O) groups is 1. The third-order valence-electron chi connectivity index (χ3n) is 4.73. The summed E-state index contributed by atoms with van der Waals surface area (Å²) in [5, 5.41) is 0. The lowest BCUT2D eigenvalue weighted by Gasteiger charge is -2.30. The first-order chi connectivity index (χ1) is 9.63. The highest BCUT2D eigenvalue weighted by Crippen LogP contribution is 2.50. The summed E-state index contributed by atoms with van der Waals surface area (Å²) in [5.74, 6) is 4.25. The molecule has 0 bridgehead atoms. The molecule has 0 radical (unpaired) electrons. The van der Waals surface area contributed by atoms with Crippen LogP contribution in [0.4, 0.5) is 0 Å². The number of hydrogen-bond acceptors (Lipinski definition) is 1. The zero-order valence-corrected chi connectivity index (χ0v) is 14.0. The lowest BCUT2D eigenvalue weighted by molar-refractivity contribution is -0.119. The highest BCUT2D eigenvalue weighted by Gasteiger charge is 2.28. The van der Waals surface area contributed by atoms with Crippen molar-refractivity contribution in [2.75, 3.05) is 23.5 Å². The van der Waals surface area contributed by atoms with E-state index >= 15 is 0 Å². The van der Waals surface area contributed by atoms with Gasteiger partial charge in [0.1, 0.15) is 5.78 Å². The molecule has 0 N–H and O–H groups in total. The summed E-state index contributed by atoms with van der Waals surface area (Å²) < 4.78 is 0. The molecule has 114 valence electrons. The number of carbonyl (C=O) groups excluding carboxylic acids is 1. The Balaban J connectivity index is 1.84. The summed E-state index contributed by atoms with van der Waals surface area (Å²) >= 11 is 0. The lowest BCUT2D eigenvalue weighted by Crippen LogP contribution is -2.21. The van der Waals surface area contributed by atoms with Crippen LogP contribution in [-0.4, -0.2) is 29.3 Å². The topological polar surface area (TPSA) is 17.1 Å². The first-order valence-electron chi connectivity index (χ1n) is 8.23. The average Bonchev–Trinajstić information content (AvgIpc) is 2.72. The monoisotopic (exact) mass is 294 g/mol. The van der Waals surface area contributed by atoms with E-state index in [4.69, 9.17) is 0 Å². The minimum Gasteiger partial charge on any atom is -0.298 e. The quantitative estimate of drug-likeness (QED) is 0.683. The molecule has 0 amide bonds. The van der Waals surface area contributed by atoms with Crippen LogP contribution in [0.3, 0.4) is 0 Å². The fourth-order valence-corrected chi connectivity index (χ4v) is 6.52. The Labute approximate surface area is 126 Å². The maximum Gasteiger partial charge on any atom is 0.148 e. The van der Waals surface area contributed by atoms with Crippen LogP contribution in [0.15, 0.2) is 23.8 Å². The molecule has 1 nitrogen and oxygen atoms in total. The Morgan fingerprint density at radius 1 is 1.35 bits per heavy atom. The van der Waals surface area contributed by atoms with E-state index in [1.807, 2.05) is 0 Å². The molecular formula is C18H30OS. The van der Waals surface area contributed by atoms with Gasteiger partial charge in [-0.3, -0.25) is 4.79 Å². The molecule has 0 saturated carbocycles. The summed E-state index contributed by atoms with van der Waals surface area (Å²) in [6, 6.07) is 0. The van der Waals surface area contributed by atoms with Gasteiger partial charge >= 0.3 is 0 Å². The second kappa shape index (κ2) is 7.49. The van der Waals surface area contributed by atoms with Crippen molar-refractivity contribution >= 4 is 15.8 Å². The van der Waals surface area contributed by atoms with E-state index in [2.05, 4.69) is 31.4 Å². The molecule has 2 aliphatic rings. The summed E-state index contributed by atoms with van der Waals surface area (Å²) in [7, 11) is -0.592. The Morgan fingerprint density at radius 3 is 2.80 bits per heavy atom. The van der Waals surface area contributed by atoms with Gasteiger partial charge in [-0.1, -0.05) is 37.1 Å². The number of allylic oxidation sites excluding steroid dienone is 4. The molecular weight excluding hydrogens is 264 g/mol. The van der Waals surface area contributed by atoms with E-state index in [-0.39, 0.29) is 5.92 Å². The predicted molar refractivity (Wildman–Crippen MR) is 91.8 cm³/mol. The zero-order chi connectivity index (χ0) is 14.4.